The molecule has 4 fully saturated rings. The van der Waals surface area contributed by atoms with Gasteiger partial charge in [0.25, 0.3) is 0 Å². The van der Waals surface area contributed by atoms with Crippen LogP contribution < -0.4 is 10.1 Å². The number of aliphatic hydroxyl groups is 5. The molecule has 13 nitrogen and oxygen atoms in total. The highest BCUT2D eigenvalue weighted by Gasteiger charge is 2.62. The highest BCUT2D eigenvalue weighted by molar-refractivity contribution is 5.89. The van der Waals surface area contributed by atoms with Crippen LogP contribution >= 0.6 is 0 Å². The molecule has 3 aromatic carbocycles. The third-order valence-corrected chi connectivity index (χ3v) is 18.1. The molecule has 3 aromatic rings. The van der Waals surface area contributed by atoms with Gasteiger partial charge in [-0.1, -0.05) is 80.7 Å². The van der Waals surface area contributed by atoms with Crippen molar-refractivity contribution < 1.29 is 59.2 Å². The number of phenols is 1. The Morgan fingerprint density at radius 1 is 0.890 bits per heavy atom. The number of methoxy groups -OCH3 is 1. The van der Waals surface area contributed by atoms with Gasteiger partial charge >= 0.3 is 11.9 Å². The first-order valence-electron chi connectivity index (χ1n) is 27.0. The molecule has 7 aliphatic rings. The summed E-state index contributed by atoms with van der Waals surface area (Å²) in [5.41, 5.74) is 1.97. The minimum atomic E-state index is -1.61. The van der Waals surface area contributed by atoms with Crippen LogP contribution in [0.25, 0.3) is 0 Å². The molecule has 73 heavy (non-hydrogen) atoms. The number of anilines is 1. The van der Waals surface area contributed by atoms with Gasteiger partial charge in [-0.25, -0.2) is 4.79 Å². The fourth-order valence-electron chi connectivity index (χ4n) is 14.3. The first kappa shape index (κ1) is 51.4. The van der Waals surface area contributed by atoms with Crippen molar-refractivity contribution in [2.45, 2.75) is 170 Å². The van der Waals surface area contributed by atoms with Crippen LogP contribution in [-0.4, -0.2) is 98.1 Å². The van der Waals surface area contributed by atoms with Crippen molar-refractivity contribution in [2.75, 3.05) is 25.6 Å². The largest absolute Gasteiger partial charge is 0.507 e. The molecule has 4 aliphatic carbocycles. The van der Waals surface area contributed by atoms with Crippen molar-refractivity contribution >= 4 is 23.4 Å². The standard InChI is InChI=1S/C60H73NO12/c1-59(69,52(65)32-71-2)33-61-44-21-36(31-62)20-41(25-44)38-15-16-39-30-54(66)73-57-46(39)28-42(56(67)55(57)37-11-4-3-5-12-37)29-53-60(70)49-14-7-6-13-40(49)27-47-48(51(64)18-17-50(47)60)23-35-10-8-9-34(19-35)22-45(63)26-43(24-38)58(68)72-53/h8-10,19-21,25-26,28,37-40,45,47-50,52-53,61-63,65,67,69-70H,3-7,11-14,17-18,22-24,27,29-33H2,1-2H3/b43-26-/t38-,39+,40-,45+,47+,48-,49+,50+,52-,53+,59-,60-/m0/s1. The number of phenolic OH excluding ortho intramolecular Hbond substituents is 1. The van der Waals surface area contributed by atoms with Gasteiger partial charge in [-0.05, 0) is 134 Å². The predicted octanol–water partition coefficient (Wildman–Crippen LogP) is 7.38. The Labute approximate surface area is 428 Å². The monoisotopic (exact) mass is 1000 g/mol. The van der Waals surface area contributed by atoms with Crippen molar-refractivity contribution in [1.82, 2.24) is 0 Å². The van der Waals surface area contributed by atoms with E-state index in [1.54, 1.807) is 12.1 Å². The van der Waals surface area contributed by atoms with Crippen LogP contribution in [0.3, 0.4) is 0 Å². The number of ether oxygens (including phenoxy) is 3. The highest BCUT2D eigenvalue weighted by Crippen LogP contribution is 2.59. The van der Waals surface area contributed by atoms with E-state index in [1.165, 1.54) is 20.1 Å². The van der Waals surface area contributed by atoms with E-state index in [0.717, 1.165) is 75.3 Å². The molecule has 7 N–H and O–H groups in total. The second kappa shape index (κ2) is 21.3. The number of Topliss-reactive ketones (excluding diaryl/α,β-unsaturated/α-hetero) is 1. The number of carbonyl (C=O) groups excluding carboxylic acids is 3. The molecule has 13 heteroatoms. The maximum Gasteiger partial charge on any atom is 0.334 e. The summed E-state index contributed by atoms with van der Waals surface area (Å²) in [4.78, 5) is 43.7. The lowest BCUT2D eigenvalue weighted by atomic mass is 9.48. The maximum atomic E-state index is 15.6. The van der Waals surface area contributed by atoms with Crippen LogP contribution in [0, 0.1) is 41.4 Å². The smallest absolute Gasteiger partial charge is 0.334 e. The second-order valence-electron chi connectivity index (χ2n) is 22.9. The molecule has 0 unspecified atom stereocenters. The highest BCUT2D eigenvalue weighted by atomic mass is 16.6. The average molecular weight is 1000 g/mol. The van der Waals surface area contributed by atoms with E-state index in [-0.39, 0.29) is 98.6 Å². The van der Waals surface area contributed by atoms with Crippen LogP contribution in [0.4, 0.5) is 5.69 Å². The molecule has 12 atom stereocenters. The number of nitrogens with one attached hydrogen (secondary N) is 1. The van der Waals surface area contributed by atoms with Gasteiger partial charge in [-0.2, -0.15) is 0 Å². The number of benzene rings is 3. The number of ketones is 1. The van der Waals surface area contributed by atoms with Gasteiger partial charge in [0.15, 0.2) is 0 Å². The van der Waals surface area contributed by atoms with Crippen LogP contribution in [-0.2, 0) is 49.7 Å². The van der Waals surface area contributed by atoms with Gasteiger partial charge in [0, 0.05) is 67.1 Å². The normalized spacial score (nSPS) is 32.4. The van der Waals surface area contributed by atoms with Crippen LogP contribution in [0.2, 0.25) is 0 Å². The number of aromatic hydroxyl groups is 1. The molecule has 0 spiro atoms. The summed E-state index contributed by atoms with van der Waals surface area (Å²) in [5.74, 6) is 3.41. The van der Waals surface area contributed by atoms with Crippen molar-refractivity contribution in [1.29, 1.82) is 0 Å². The SMILES string of the molecule is COC[C@H](O)[C@@](C)(O)CNc1cc(CO)cc([C@H]2C#C[C@@H]3CC(=O)Oc4c3cc(c(O)c4C3CCCCC3)C[C@H]3OC(=O)/C(=C\[C@H](O)Cc4cccc(c4)C[C@@H]4C(=O)CC[C@@H]5[C@@H]4C[C@@H]4CCCC[C@H]4[C@]53O)C2)c1. The lowest BCUT2D eigenvalue weighted by Crippen LogP contribution is -2.65. The van der Waals surface area contributed by atoms with Gasteiger partial charge in [-0.3, -0.25) is 9.59 Å². The van der Waals surface area contributed by atoms with Crippen molar-refractivity contribution in [3.8, 4) is 23.3 Å². The van der Waals surface area contributed by atoms with Gasteiger partial charge < -0.3 is 50.2 Å². The number of aliphatic hydroxyl groups excluding tert-OH is 3. The Hall–Kier alpha value is -5.07. The number of esters is 2. The zero-order valence-corrected chi connectivity index (χ0v) is 42.3. The first-order chi connectivity index (χ1) is 35.1. The molecule has 10 rings (SSSR count). The maximum absolute atomic E-state index is 15.6. The Bertz CT molecular complexity index is 2680. The van der Waals surface area contributed by atoms with E-state index in [9.17, 15) is 40.2 Å². The quantitative estimate of drug-likeness (QED) is 0.0635. The molecule has 0 amide bonds. The summed E-state index contributed by atoms with van der Waals surface area (Å²) in [6.45, 7) is 0.947. The number of rotatable bonds is 9. The fourth-order valence-corrected chi connectivity index (χ4v) is 14.3. The van der Waals surface area contributed by atoms with E-state index in [2.05, 4.69) is 17.2 Å². The van der Waals surface area contributed by atoms with E-state index in [0.29, 0.717) is 52.1 Å². The van der Waals surface area contributed by atoms with Crippen LogP contribution in [0.15, 0.2) is 60.2 Å². The summed E-state index contributed by atoms with van der Waals surface area (Å²) in [6.07, 6.45) is 7.87. The molecule has 390 valence electrons. The predicted molar refractivity (Wildman–Crippen MR) is 273 cm³/mol. The third-order valence-electron chi connectivity index (χ3n) is 18.1. The number of hydrogen-bond donors (Lipinski definition) is 7. The zero-order valence-electron chi connectivity index (χ0n) is 42.3. The van der Waals surface area contributed by atoms with Crippen LogP contribution in [0.1, 0.15) is 154 Å². The third kappa shape index (κ3) is 10.4. The van der Waals surface area contributed by atoms with Gasteiger partial charge in [0.05, 0.1) is 31.7 Å². The van der Waals surface area contributed by atoms with Crippen molar-refractivity contribution in [3.63, 3.8) is 0 Å². The lowest BCUT2D eigenvalue weighted by molar-refractivity contribution is -0.228. The fraction of sp³-hybridized carbons (Fsp3) is 0.583. The Morgan fingerprint density at radius 3 is 2.42 bits per heavy atom. The Morgan fingerprint density at radius 2 is 1.64 bits per heavy atom. The summed E-state index contributed by atoms with van der Waals surface area (Å²) in [6, 6.07) is 15.1. The summed E-state index contributed by atoms with van der Waals surface area (Å²) < 4.78 is 18.2. The van der Waals surface area contributed by atoms with E-state index in [4.69, 9.17) is 14.2 Å². The summed E-state index contributed by atoms with van der Waals surface area (Å²) in [7, 11) is 1.43. The lowest BCUT2D eigenvalue weighted by Gasteiger charge is -2.59. The summed E-state index contributed by atoms with van der Waals surface area (Å²) >= 11 is 0. The molecule has 0 radical (unpaired) electrons. The van der Waals surface area contributed by atoms with E-state index < -0.39 is 59.2 Å². The van der Waals surface area contributed by atoms with E-state index >= 15 is 4.79 Å². The Balaban J connectivity index is 1.18. The molecule has 4 saturated carbocycles. The van der Waals surface area contributed by atoms with E-state index in [1.807, 2.05) is 36.4 Å². The molecular formula is C60H73NO12. The minimum absolute atomic E-state index is 0.0281. The van der Waals surface area contributed by atoms with Crippen molar-refractivity contribution in [3.05, 3.63) is 99.1 Å². The number of carbonyl (C=O) groups is 3. The number of fused-ring (bicyclic) bond motifs is 9. The molecule has 3 aliphatic heterocycles. The van der Waals surface area contributed by atoms with Gasteiger partial charge in [0.2, 0.25) is 0 Å². The topological polar surface area (TPSA) is 212 Å². The molecule has 3 heterocycles. The zero-order chi connectivity index (χ0) is 51.2. The second-order valence-corrected chi connectivity index (χ2v) is 22.9. The molecule has 0 aromatic heterocycles. The molecular weight excluding hydrogens is 927 g/mol. The average Bonchev–Trinajstić information content (AvgIpc) is 3.38. The molecule has 0 saturated heterocycles. The molecule has 10 bridgehead atoms. The van der Waals surface area contributed by atoms with Crippen molar-refractivity contribution in [2.24, 2.45) is 29.6 Å². The Kier molecular flexibility index (Phi) is 15.0. The first-order valence-corrected chi connectivity index (χ1v) is 27.0. The summed E-state index contributed by atoms with van der Waals surface area (Å²) in [5, 5.41) is 74.8. The van der Waals surface area contributed by atoms with Crippen LogP contribution in [0.5, 0.6) is 11.5 Å². The van der Waals surface area contributed by atoms with Gasteiger partial charge in [0.1, 0.15) is 40.7 Å². The number of hydrogen-bond acceptors (Lipinski definition) is 13. The minimum Gasteiger partial charge on any atom is -0.507 e. The van der Waals surface area contributed by atoms with Gasteiger partial charge in [-0.15, -0.1) is 0 Å².